The molecule has 8 heteroatoms. The van der Waals surface area contributed by atoms with Crippen LogP contribution in [0.2, 0.25) is 5.02 Å². The molecule has 3 fully saturated rings. The molecule has 1 saturated heterocycles. The highest BCUT2D eigenvalue weighted by molar-refractivity contribution is 8.18. The highest BCUT2D eigenvalue weighted by Gasteiger charge is 2.39. The van der Waals surface area contributed by atoms with Crippen molar-refractivity contribution in [3.8, 4) is 11.3 Å². The highest BCUT2D eigenvalue weighted by Crippen LogP contribution is 2.39. The van der Waals surface area contributed by atoms with Crippen LogP contribution in [0.4, 0.5) is 0 Å². The standard InChI is InChI=1S/C27H29ClN2O4S/c28-22-13-11-17(26(32)33)15-21(22)23-14-12-20(34-23)16-24-25(31)30(19-9-5-2-6-10-19)27(35-24)29-18-7-3-1-4-8-18/h11-16,18-19H,1-10H2,(H,32,33)/b24-16-,29-27?. The number of furan rings is 1. The molecule has 0 unspecified atom stereocenters. The summed E-state index contributed by atoms with van der Waals surface area (Å²) in [5.74, 6) is -0.0477. The smallest absolute Gasteiger partial charge is 0.335 e. The van der Waals surface area contributed by atoms with Crippen LogP contribution in [0, 0.1) is 0 Å². The van der Waals surface area contributed by atoms with Gasteiger partial charge in [-0.1, -0.05) is 50.1 Å². The van der Waals surface area contributed by atoms with Gasteiger partial charge in [-0.05, 0) is 67.8 Å². The lowest BCUT2D eigenvalue weighted by atomic mass is 9.94. The van der Waals surface area contributed by atoms with E-state index in [1.165, 1.54) is 49.6 Å². The Morgan fingerprint density at radius 1 is 1.06 bits per heavy atom. The minimum absolute atomic E-state index is 0.000293. The number of amides is 1. The van der Waals surface area contributed by atoms with Crippen LogP contribution in [0.15, 0.2) is 44.6 Å². The van der Waals surface area contributed by atoms with Gasteiger partial charge in [0.1, 0.15) is 11.5 Å². The van der Waals surface area contributed by atoms with Crippen LogP contribution in [-0.4, -0.2) is 39.1 Å². The maximum absolute atomic E-state index is 13.5. The van der Waals surface area contributed by atoms with Crippen LogP contribution >= 0.6 is 23.4 Å². The lowest BCUT2D eigenvalue weighted by Gasteiger charge is -2.31. The summed E-state index contributed by atoms with van der Waals surface area (Å²) in [5, 5.41) is 10.5. The second-order valence-corrected chi connectivity index (χ2v) is 10.9. The van der Waals surface area contributed by atoms with E-state index in [-0.39, 0.29) is 17.5 Å². The van der Waals surface area contributed by atoms with Crippen molar-refractivity contribution in [2.24, 2.45) is 4.99 Å². The summed E-state index contributed by atoms with van der Waals surface area (Å²) in [6, 6.07) is 8.54. The minimum Gasteiger partial charge on any atom is -0.478 e. The van der Waals surface area contributed by atoms with Crippen LogP contribution in [-0.2, 0) is 4.79 Å². The Labute approximate surface area is 214 Å². The Bertz CT molecular complexity index is 1180. The maximum atomic E-state index is 13.5. The second kappa shape index (κ2) is 10.6. The number of thioether (sulfide) groups is 1. The lowest BCUT2D eigenvalue weighted by molar-refractivity contribution is -0.124. The minimum atomic E-state index is -1.03. The molecule has 2 aliphatic carbocycles. The number of rotatable bonds is 5. The third kappa shape index (κ3) is 5.36. The van der Waals surface area contributed by atoms with Gasteiger partial charge in [-0.25, -0.2) is 4.79 Å². The predicted octanol–water partition coefficient (Wildman–Crippen LogP) is 7.24. The number of amidine groups is 1. The first-order chi connectivity index (χ1) is 17.0. The SMILES string of the molecule is O=C(O)c1ccc(Cl)c(-c2ccc(/C=C3\SC(=NC4CCCCC4)N(C4CCCCC4)C3=O)o2)c1. The van der Waals surface area contributed by atoms with Gasteiger partial charge in [-0.3, -0.25) is 14.7 Å². The third-order valence-corrected chi connectivity index (χ3v) is 8.35. The molecule has 2 saturated carbocycles. The van der Waals surface area contributed by atoms with Gasteiger partial charge in [0, 0.05) is 17.7 Å². The Morgan fingerprint density at radius 3 is 2.49 bits per heavy atom. The van der Waals surface area contributed by atoms with Crippen molar-refractivity contribution < 1.29 is 19.1 Å². The lowest BCUT2D eigenvalue weighted by Crippen LogP contribution is -2.41. The molecule has 2 heterocycles. The molecule has 6 nitrogen and oxygen atoms in total. The van der Waals surface area contributed by atoms with E-state index < -0.39 is 5.97 Å². The van der Waals surface area contributed by atoms with E-state index in [0.29, 0.717) is 33.1 Å². The fourth-order valence-electron chi connectivity index (χ4n) is 5.16. The number of nitrogens with zero attached hydrogens (tertiary/aromatic N) is 2. The third-order valence-electron chi connectivity index (χ3n) is 7.02. The number of halogens is 1. The summed E-state index contributed by atoms with van der Waals surface area (Å²) < 4.78 is 5.98. The van der Waals surface area contributed by atoms with E-state index in [2.05, 4.69) is 0 Å². The van der Waals surface area contributed by atoms with Crippen LogP contribution in [0.25, 0.3) is 17.4 Å². The normalized spacial score (nSPS) is 22.4. The van der Waals surface area contributed by atoms with Gasteiger partial charge in [-0.2, -0.15) is 0 Å². The van der Waals surface area contributed by atoms with E-state index in [4.69, 9.17) is 21.0 Å². The highest BCUT2D eigenvalue weighted by atomic mass is 35.5. The molecular weight excluding hydrogens is 484 g/mol. The number of aromatic carboxylic acids is 1. The number of carbonyl (C=O) groups excluding carboxylic acids is 1. The van der Waals surface area contributed by atoms with Crippen molar-refractivity contribution >= 4 is 46.5 Å². The van der Waals surface area contributed by atoms with Crippen LogP contribution in [0.3, 0.4) is 0 Å². The second-order valence-electron chi connectivity index (χ2n) is 9.48. The Balaban J connectivity index is 1.43. The Morgan fingerprint density at radius 2 is 1.77 bits per heavy atom. The molecular formula is C27H29ClN2O4S. The largest absolute Gasteiger partial charge is 0.478 e. The molecule has 1 aromatic heterocycles. The average Bonchev–Trinajstić information content (AvgIpc) is 3.45. The number of hydrogen-bond donors (Lipinski definition) is 1. The van der Waals surface area contributed by atoms with Gasteiger partial charge in [0.15, 0.2) is 5.17 Å². The quantitative estimate of drug-likeness (QED) is 0.427. The van der Waals surface area contributed by atoms with Gasteiger partial charge in [0.05, 0.1) is 21.5 Å². The number of carboxylic acid groups (broad SMARTS) is 1. The van der Waals surface area contributed by atoms with E-state index >= 15 is 0 Å². The number of benzene rings is 1. The summed E-state index contributed by atoms with van der Waals surface area (Å²) in [5.41, 5.74) is 0.638. The Hall–Kier alpha value is -2.51. The summed E-state index contributed by atoms with van der Waals surface area (Å²) >= 11 is 7.75. The molecule has 1 aliphatic heterocycles. The van der Waals surface area contributed by atoms with E-state index in [1.807, 2.05) is 4.90 Å². The summed E-state index contributed by atoms with van der Waals surface area (Å²) in [6.07, 6.45) is 13.2. The number of hydrogen-bond acceptors (Lipinski definition) is 5. The van der Waals surface area contributed by atoms with Crippen molar-refractivity contribution in [1.29, 1.82) is 0 Å². The predicted molar refractivity (Wildman–Crippen MR) is 140 cm³/mol. The molecule has 0 atom stereocenters. The molecule has 184 valence electrons. The molecule has 3 aliphatic rings. The molecule has 0 bridgehead atoms. The number of aliphatic imine (C=N–C) groups is 1. The first kappa shape index (κ1) is 24.2. The van der Waals surface area contributed by atoms with Crippen molar-refractivity contribution in [3.63, 3.8) is 0 Å². The molecule has 0 spiro atoms. The molecule has 1 N–H and O–H groups in total. The fraction of sp³-hybridized carbons (Fsp3) is 0.444. The van der Waals surface area contributed by atoms with Gasteiger partial charge in [0.2, 0.25) is 0 Å². The monoisotopic (exact) mass is 512 g/mol. The van der Waals surface area contributed by atoms with Gasteiger partial charge >= 0.3 is 5.97 Å². The number of carboxylic acids is 1. The zero-order valence-electron chi connectivity index (χ0n) is 19.5. The number of carbonyl (C=O) groups is 2. The van der Waals surface area contributed by atoms with Gasteiger partial charge in [-0.15, -0.1) is 0 Å². The zero-order valence-corrected chi connectivity index (χ0v) is 21.1. The topological polar surface area (TPSA) is 83.1 Å². The van der Waals surface area contributed by atoms with Crippen molar-refractivity contribution in [2.75, 3.05) is 0 Å². The molecule has 5 rings (SSSR count). The molecule has 0 radical (unpaired) electrons. The summed E-state index contributed by atoms with van der Waals surface area (Å²) in [7, 11) is 0. The molecule has 2 aromatic rings. The zero-order chi connectivity index (χ0) is 24.4. The van der Waals surface area contributed by atoms with Gasteiger partial charge in [0.25, 0.3) is 5.91 Å². The summed E-state index contributed by atoms with van der Waals surface area (Å²) in [6.45, 7) is 0. The van der Waals surface area contributed by atoms with Gasteiger partial charge < -0.3 is 9.52 Å². The van der Waals surface area contributed by atoms with E-state index in [9.17, 15) is 14.7 Å². The van der Waals surface area contributed by atoms with E-state index in [1.54, 1.807) is 24.3 Å². The molecule has 1 amide bonds. The Kier molecular flexibility index (Phi) is 7.35. The van der Waals surface area contributed by atoms with Crippen molar-refractivity contribution in [2.45, 2.75) is 76.3 Å². The average molecular weight is 513 g/mol. The maximum Gasteiger partial charge on any atom is 0.335 e. The van der Waals surface area contributed by atoms with Crippen LogP contribution < -0.4 is 0 Å². The first-order valence-electron chi connectivity index (χ1n) is 12.4. The van der Waals surface area contributed by atoms with Crippen molar-refractivity contribution in [1.82, 2.24) is 4.90 Å². The molecule has 1 aromatic carbocycles. The van der Waals surface area contributed by atoms with Crippen LogP contribution in [0.5, 0.6) is 0 Å². The summed E-state index contributed by atoms with van der Waals surface area (Å²) in [4.78, 5) is 32.5. The van der Waals surface area contributed by atoms with E-state index in [0.717, 1.165) is 43.7 Å². The van der Waals surface area contributed by atoms with Crippen molar-refractivity contribution in [3.05, 3.63) is 51.6 Å². The van der Waals surface area contributed by atoms with Crippen LogP contribution in [0.1, 0.15) is 80.3 Å². The fourth-order valence-corrected chi connectivity index (χ4v) is 6.46. The first-order valence-corrected chi connectivity index (χ1v) is 13.6. The molecule has 35 heavy (non-hydrogen) atoms.